The van der Waals surface area contributed by atoms with E-state index in [-0.39, 0.29) is 47.1 Å². The fraction of sp³-hybridized carbons (Fsp3) is 0.892. The first-order chi connectivity index (χ1) is 42.0. The Bertz CT molecular complexity index is 2160. The molecular weight excluding hydrogens is 1090 g/mol. The number of hydrogen-bond donors (Lipinski definition) is 8. The highest BCUT2D eigenvalue weighted by Crippen LogP contribution is 2.69. The molecule has 8 aliphatic rings. The summed E-state index contributed by atoms with van der Waals surface area (Å²) in [6.07, 6.45) is 37.6. The third kappa shape index (κ3) is 17.8. The Morgan fingerprint density at radius 2 is 0.852 bits per heavy atom. The summed E-state index contributed by atoms with van der Waals surface area (Å²) in [4.78, 5) is 32.0. The molecule has 16 unspecified atom stereocenters. The van der Waals surface area contributed by atoms with Crippen molar-refractivity contribution in [2.45, 2.75) is 261 Å². The number of guanidine groups is 2. The number of allylic oxidation sites excluding steroid dienone is 2. The van der Waals surface area contributed by atoms with E-state index in [0.717, 1.165) is 187 Å². The Morgan fingerprint density at radius 3 is 1.22 bits per heavy atom. The number of fused-ring (bicyclic) bond motifs is 10. The van der Waals surface area contributed by atoms with Gasteiger partial charge in [-0.15, -0.1) is 0 Å². The van der Waals surface area contributed by atoms with Crippen LogP contribution in [0.3, 0.4) is 0 Å². The number of rotatable bonds is 33. The molecule has 14 heteroatoms. The third-order valence-electron chi connectivity index (χ3n) is 26.0. The number of hydrogen-bond acceptors (Lipinski definition) is 8. The van der Waals surface area contributed by atoms with Crippen LogP contribution in [0.25, 0.3) is 0 Å². The lowest BCUT2D eigenvalue weighted by atomic mass is 9.47. The molecule has 0 aromatic rings. The second-order valence-corrected chi connectivity index (χ2v) is 32.5. The summed E-state index contributed by atoms with van der Waals surface area (Å²) in [6.45, 7) is 32.9. The molecule has 0 heterocycles. The van der Waals surface area contributed by atoms with Crippen LogP contribution in [0.15, 0.2) is 23.3 Å². The zero-order valence-electron chi connectivity index (χ0n) is 57.8. The van der Waals surface area contributed by atoms with E-state index in [1.807, 2.05) is 0 Å². The summed E-state index contributed by atoms with van der Waals surface area (Å²) in [6, 6.07) is 0. The monoisotopic (exact) mass is 1230 g/mol. The first kappa shape index (κ1) is 70.4. The third-order valence-corrected chi connectivity index (χ3v) is 26.0. The molecule has 16 atom stereocenters. The van der Waals surface area contributed by atoms with Crippen molar-refractivity contribution < 1.29 is 19.1 Å². The van der Waals surface area contributed by atoms with E-state index in [9.17, 15) is 9.59 Å². The Labute approximate surface area is 536 Å². The maximum Gasteiger partial charge on any atom is 0.407 e. The minimum absolute atomic E-state index is 0.00322. The average Bonchev–Trinajstić information content (AvgIpc) is 1.33. The van der Waals surface area contributed by atoms with Crippen LogP contribution in [0, 0.1) is 103 Å². The van der Waals surface area contributed by atoms with Gasteiger partial charge in [0.1, 0.15) is 12.2 Å². The van der Waals surface area contributed by atoms with Crippen LogP contribution in [-0.4, -0.2) is 112 Å². The minimum Gasteiger partial charge on any atom is -0.446 e. The molecule has 6 saturated carbocycles. The van der Waals surface area contributed by atoms with Crippen LogP contribution in [0.1, 0.15) is 249 Å². The number of nitrogens with one attached hydrogen (secondary N) is 6. The van der Waals surface area contributed by atoms with Crippen LogP contribution < -0.4 is 32.7 Å². The number of carbonyl (C=O) groups is 2. The number of unbranched alkanes of at least 4 members (excludes halogenated alkanes) is 1. The van der Waals surface area contributed by atoms with Gasteiger partial charge < -0.3 is 52.0 Å². The molecule has 0 spiro atoms. The van der Waals surface area contributed by atoms with Crippen LogP contribution in [0.2, 0.25) is 0 Å². The van der Waals surface area contributed by atoms with Crippen LogP contribution >= 0.6 is 0 Å². The second kappa shape index (κ2) is 32.4. The first-order valence-electron chi connectivity index (χ1n) is 36.9. The van der Waals surface area contributed by atoms with Gasteiger partial charge in [-0.2, -0.15) is 0 Å². The number of amides is 2. The number of alkyl carbamates (subject to hydrolysis) is 2. The molecule has 8 aliphatic carbocycles. The number of carbonyl (C=O) groups excluding carboxylic acids is 2. The van der Waals surface area contributed by atoms with Gasteiger partial charge in [0.2, 0.25) is 0 Å². The lowest BCUT2D eigenvalue weighted by Gasteiger charge is -2.58. The van der Waals surface area contributed by atoms with E-state index < -0.39 is 0 Å². The Hall–Kier alpha value is -3.52. The predicted octanol–water partition coefficient (Wildman–Crippen LogP) is 15.2. The Balaban J connectivity index is 0.786. The lowest BCUT2D eigenvalue weighted by Crippen LogP contribution is -2.51. The maximum atomic E-state index is 13.5. The van der Waals surface area contributed by atoms with Gasteiger partial charge in [0.25, 0.3) is 0 Å². The van der Waals surface area contributed by atoms with E-state index in [0.29, 0.717) is 37.0 Å². The van der Waals surface area contributed by atoms with Crippen molar-refractivity contribution >= 4 is 24.1 Å². The fourth-order valence-corrected chi connectivity index (χ4v) is 21.3. The highest BCUT2D eigenvalue weighted by molar-refractivity contribution is 5.74. The smallest absolute Gasteiger partial charge is 0.407 e. The van der Waals surface area contributed by atoms with Crippen molar-refractivity contribution in [3.63, 3.8) is 0 Å². The molecule has 6 fully saturated rings. The second-order valence-electron chi connectivity index (χ2n) is 32.5. The predicted molar refractivity (Wildman–Crippen MR) is 363 cm³/mol. The SMILES string of the molecule is CC(C)CCCC(C)C1CCC2C3CC=C4CC(OC(=O)NCCCN(CCCCN(CCCNC(=N)N)CCCNC(=N)N)CCCNC(=O)OC5CCC6(C)C(=CCC7C6CCC6(C)C(C(C)CCCC(C)C)CCC76)C5)CCC4(C)C3CCC12C. The zero-order valence-corrected chi connectivity index (χ0v) is 57.8. The van der Waals surface area contributed by atoms with Gasteiger partial charge in [-0.3, -0.25) is 10.8 Å². The molecule has 0 saturated heterocycles. The average molecular weight is 1230 g/mol. The molecule has 14 nitrogen and oxygen atoms in total. The van der Waals surface area contributed by atoms with Gasteiger partial charge in [0.05, 0.1) is 0 Å². The molecular formula is C74H132N10O4. The summed E-state index contributed by atoms with van der Waals surface area (Å²) in [5.74, 6) is 9.75. The van der Waals surface area contributed by atoms with Crippen LogP contribution in [0.5, 0.6) is 0 Å². The standard InChI is InChI=1S/C74H132N10O4/c1-51(2)19-13-21-53(5)61-27-29-63-59-25-23-55-49-57(31-35-71(55,7)65(59)33-37-73(61,63)9)87-69(85)81-41-17-47-84(44-12-11-43-83(45-15-39-79-67(75)76)46-16-40-80-68(77)78)48-18-42-82-70(86)88-58-32-36-72(8)56(50-58)24-26-60-64-30-28-62(54(6)22-14-20-52(3)4)74(64,10)38-34-66(60)72/h23-24,51-54,57-66H,11-22,25-50H2,1-10H3,(H,81,85)(H,82,86)(H4,75,76,79)(H4,77,78,80). The normalized spacial score (nSPS) is 33.8. The summed E-state index contributed by atoms with van der Waals surface area (Å²) >= 11 is 0. The van der Waals surface area contributed by atoms with Gasteiger partial charge >= 0.3 is 12.2 Å². The molecule has 0 radical (unpaired) electrons. The molecule has 502 valence electrons. The van der Waals surface area contributed by atoms with Crippen LogP contribution in [0.4, 0.5) is 9.59 Å². The highest BCUT2D eigenvalue weighted by atomic mass is 16.6. The molecule has 0 aromatic carbocycles. The van der Waals surface area contributed by atoms with E-state index >= 15 is 0 Å². The van der Waals surface area contributed by atoms with Crippen molar-refractivity contribution in [2.75, 3.05) is 65.4 Å². The minimum atomic E-state index is -0.287. The lowest BCUT2D eigenvalue weighted by molar-refractivity contribution is -0.0581. The largest absolute Gasteiger partial charge is 0.446 e. The van der Waals surface area contributed by atoms with E-state index in [1.165, 1.54) is 103 Å². The molecule has 0 aromatic heterocycles. The maximum absolute atomic E-state index is 13.5. The summed E-state index contributed by atoms with van der Waals surface area (Å²) < 4.78 is 12.5. The van der Waals surface area contributed by atoms with Gasteiger partial charge in [-0.05, 0) is 260 Å². The van der Waals surface area contributed by atoms with Crippen molar-refractivity contribution in [3.8, 4) is 0 Å². The number of nitrogens with zero attached hydrogens (tertiary/aromatic N) is 2. The first-order valence-corrected chi connectivity index (χ1v) is 36.9. The molecule has 10 N–H and O–H groups in total. The van der Waals surface area contributed by atoms with Crippen LogP contribution in [-0.2, 0) is 9.47 Å². The number of ether oxygens (including phenoxy) is 2. The molecule has 0 bridgehead atoms. The number of nitrogens with two attached hydrogens (primary N) is 2. The molecule has 88 heavy (non-hydrogen) atoms. The van der Waals surface area contributed by atoms with Gasteiger partial charge in [-0.25, -0.2) is 9.59 Å². The van der Waals surface area contributed by atoms with Gasteiger partial charge in [0.15, 0.2) is 11.9 Å². The molecule has 2 amide bonds. The Kier molecular flexibility index (Phi) is 25.9. The summed E-state index contributed by atoms with van der Waals surface area (Å²) in [7, 11) is 0. The van der Waals surface area contributed by atoms with Crippen molar-refractivity contribution in [2.24, 2.45) is 104 Å². The topological polar surface area (TPSA) is 207 Å². The van der Waals surface area contributed by atoms with E-state index in [2.05, 4.69) is 112 Å². The zero-order chi connectivity index (χ0) is 63.2. The van der Waals surface area contributed by atoms with Crippen molar-refractivity contribution in [3.05, 3.63) is 23.3 Å². The van der Waals surface area contributed by atoms with E-state index in [4.69, 9.17) is 31.8 Å². The molecule has 0 aliphatic heterocycles. The quantitative estimate of drug-likeness (QED) is 0.0135. The van der Waals surface area contributed by atoms with E-state index in [1.54, 1.807) is 11.1 Å². The van der Waals surface area contributed by atoms with Gasteiger partial charge in [-0.1, -0.05) is 131 Å². The summed E-state index contributed by atoms with van der Waals surface area (Å²) in [5.41, 5.74) is 15.7. The van der Waals surface area contributed by atoms with Crippen molar-refractivity contribution in [1.29, 1.82) is 10.8 Å². The fourth-order valence-electron chi connectivity index (χ4n) is 21.3. The van der Waals surface area contributed by atoms with Gasteiger partial charge in [0, 0.05) is 39.0 Å². The highest BCUT2D eigenvalue weighted by Gasteiger charge is 2.61. The molecule has 8 rings (SSSR count). The van der Waals surface area contributed by atoms with Crippen molar-refractivity contribution in [1.82, 2.24) is 31.1 Å². The Morgan fingerprint density at radius 1 is 0.489 bits per heavy atom. The summed E-state index contributed by atoms with van der Waals surface area (Å²) in [5, 5.41) is 27.3.